The molecule has 3 rings (SSSR count). The van der Waals surface area contributed by atoms with Crippen LogP contribution in [-0.4, -0.2) is 32.2 Å². The third kappa shape index (κ3) is 5.10. The molecule has 0 bridgehead atoms. The lowest BCUT2D eigenvalue weighted by atomic mass is 9.98. The summed E-state index contributed by atoms with van der Waals surface area (Å²) in [7, 11) is -2.32. The molecule has 1 atom stereocenters. The summed E-state index contributed by atoms with van der Waals surface area (Å²) in [6, 6.07) is 25.3. The molecular weight excluding hydrogens is 384 g/mol. The predicted octanol–water partition coefficient (Wildman–Crippen LogP) is 3.52. The number of hydrogen-bond donors (Lipinski definition) is 1. The zero-order valence-electron chi connectivity index (χ0n) is 16.4. The average molecular weight is 409 g/mol. The molecule has 3 aromatic rings. The minimum atomic E-state index is -3.73. The van der Waals surface area contributed by atoms with Crippen molar-refractivity contribution >= 4 is 15.9 Å². The fourth-order valence-electron chi connectivity index (χ4n) is 3.03. The van der Waals surface area contributed by atoms with Gasteiger partial charge in [-0.2, -0.15) is 4.31 Å². The maximum atomic E-state index is 12.7. The number of hydrogen-bond acceptors (Lipinski definition) is 3. The summed E-state index contributed by atoms with van der Waals surface area (Å²) >= 11 is 0. The summed E-state index contributed by atoms with van der Waals surface area (Å²) in [6.07, 6.45) is 0. The molecule has 29 heavy (non-hydrogen) atoms. The van der Waals surface area contributed by atoms with Crippen molar-refractivity contribution in [2.24, 2.45) is 0 Å². The third-order valence-electron chi connectivity index (χ3n) is 4.67. The maximum Gasteiger partial charge on any atom is 0.243 e. The van der Waals surface area contributed by atoms with Crippen molar-refractivity contribution in [1.29, 1.82) is 0 Å². The number of carbonyl (C=O) groups is 1. The van der Waals surface area contributed by atoms with Crippen molar-refractivity contribution in [2.45, 2.75) is 17.9 Å². The van der Waals surface area contributed by atoms with Gasteiger partial charge in [0, 0.05) is 7.05 Å². The van der Waals surface area contributed by atoms with Crippen LogP contribution in [0.5, 0.6) is 0 Å². The second kappa shape index (κ2) is 9.03. The second-order valence-electron chi connectivity index (χ2n) is 6.90. The van der Waals surface area contributed by atoms with E-state index in [0.717, 1.165) is 21.0 Å². The Morgan fingerprint density at radius 2 is 1.38 bits per heavy atom. The third-order valence-corrected chi connectivity index (χ3v) is 6.48. The van der Waals surface area contributed by atoms with Crippen LogP contribution < -0.4 is 5.32 Å². The van der Waals surface area contributed by atoms with E-state index in [1.165, 1.54) is 19.2 Å². The van der Waals surface area contributed by atoms with Gasteiger partial charge in [-0.05, 0) is 30.2 Å². The maximum absolute atomic E-state index is 12.7. The molecule has 0 aliphatic heterocycles. The first-order valence-corrected chi connectivity index (χ1v) is 10.7. The second-order valence-corrected chi connectivity index (χ2v) is 8.94. The summed E-state index contributed by atoms with van der Waals surface area (Å²) in [6.45, 7) is 1.73. The van der Waals surface area contributed by atoms with Crippen molar-refractivity contribution in [3.63, 3.8) is 0 Å². The summed E-state index contributed by atoms with van der Waals surface area (Å²) in [5.41, 5.74) is 2.99. The van der Waals surface area contributed by atoms with E-state index in [4.69, 9.17) is 0 Å². The molecular formula is C23H24N2O3S. The van der Waals surface area contributed by atoms with Crippen LogP contribution >= 0.6 is 0 Å². The molecule has 0 spiro atoms. The molecule has 5 nitrogen and oxygen atoms in total. The summed E-state index contributed by atoms with van der Waals surface area (Å²) in [5, 5.41) is 2.98. The topological polar surface area (TPSA) is 66.5 Å². The van der Waals surface area contributed by atoms with Crippen LogP contribution in [0.25, 0.3) is 0 Å². The molecule has 0 fully saturated rings. The minimum absolute atomic E-state index is 0.161. The molecule has 3 aromatic carbocycles. The Bertz CT molecular complexity index is 1050. The van der Waals surface area contributed by atoms with Gasteiger partial charge in [0.2, 0.25) is 15.9 Å². The van der Waals surface area contributed by atoms with Gasteiger partial charge >= 0.3 is 0 Å². The highest BCUT2D eigenvalue weighted by molar-refractivity contribution is 7.89. The Morgan fingerprint density at radius 1 is 0.862 bits per heavy atom. The Morgan fingerprint density at radius 3 is 1.97 bits per heavy atom. The fourth-order valence-corrected chi connectivity index (χ4v) is 4.18. The van der Waals surface area contributed by atoms with E-state index in [1.807, 2.05) is 61.5 Å². The van der Waals surface area contributed by atoms with Crippen LogP contribution in [0.2, 0.25) is 0 Å². The van der Waals surface area contributed by atoms with Gasteiger partial charge < -0.3 is 5.32 Å². The molecule has 0 aliphatic carbocycles. The number of nitrogens with one attached hydrogen (secondary N) is 1. The summed E-state index contributed by atoms with van der Waals surface area (Å²) < 4.78 is 26.4. The van der Waals surface area contributed by atoms with Crippen molar-refractivity contribution in [1.82, 2.24) is 9.62 Å². The molecule has 0 saturated carbocycles. The van der Waals surface area contributed by atoms with Crippen molar-refractivity contribution < 1.29 is 13.2 Å². The first-order chi connectivity index (χ1) is 13.9. The van der Waals surface area contributed by atoms with Crippen LogP contribution in [0.3, 0.4) is 0 Å². The van der Waals surface area contributed by atoms with Gasteiger partial charge in [0.1, 0.15) is 0 Å². The van der Waals surface area contributed by atoms with Crippen LogP contribution in [0.4, 0.5) is 0 Å². The molecule has 0 unspecified atom stereocenters. The Kier molecular flexibility index (Phi) is 6.46. The van der Waals surface area contributed by atoms with E-state index in [-0.39, 0.29) is 23.4 Å². The lowest BCUT2D eigenvalue weighted by molar-refractivity contribution is -0.121. The lowest BCUT2D eigenvalue weighted by Crippen LogP contribution is -2.40. The van der Waals surface area contributed by atoms with Gasteiger partial charge in [0.25, 0.3) is 0 Å². The van der Waals surface area contributed by atoms with E-state index < -0.39 is 10.0 Å². The first-order valence-electron chi connectivity index (χ1n) is 9.30. The minimum Gasteiger partial charge on any atom is -0.344 e. The van der Waals surface area contributed by atoms with Crippen molar-refractivity contribution in [3.8, 4) is 0 Å². The molecule has 150 valence electrons. The van der Waals surface area contributed by atoms with E-state index >= 15 is 0 Å². The summed E-state index contributed by atoms with van der Waals surface area (Å²) in [4.78, 5) is 12.9. The van der Waals surface area contributed by atoms with E-state index in [2.05, 4.69) is 5.32 Å². The number of amides is 1. The van der Waals surface area contributed by atoms with Gasteiger partial charge in [-0.15, -0.1) is 0 Å². The molecule has 0 radical (unpaired) electrons. The Balaban J connectivity index is 1.79. The average Bonchev–Trinajstić information content (AvgIpc) is 2.74. The zero-order valence-corrected chi connectivity index (χ0v) is 17.3. The normalized spacial score (nSPS) is 12.5. The van der Waals surface area contributed by atoms with Gasteiger partial charge in [-0.25, -0.2) is 8.42 Å². The predicted molar refractivity (Wildman–Crippen MR) is 114 cm³/mol. The van der Waals surface area contributed by atoms with Crippen LogP contribution in [0, 0.1) is 6.92 Å². The van der Waals surface area contributed by atoms with Crippen molar-refractivity contribution in [2.75, 3.05) is 13.6 Å². The number of benzene rings is 3. The van der Waals surface area contributed by atoms with E-state index in [1.54, 1.807) is 18.2 Å². The van der Waals surface area contributed by atoms with Crippen LogP contribution in [0.15, 0.2) is 89.8 Å². The molecule has 0 saturated heterocycles. The molecule has 1 amide bonds. The Hall–Kier alpha value is -2.96. The van der Waals surface area contributed by atoms with Crippen molar-refractivity contribution in [3.05, 3.63) is 102 Å². The highest BCUT2D eigenvalue weighted by Crippen LogP contribution is 2.22. The van der Waals surface area contributed by atoms with Gasteiger partial charge in [-0.3, -0.25) is 4.79 Å². The molecule has 6 heteroatoms. The highest BCUT2D eigenvalue weighted by atomic mass is 32.2. The van der Waals surface area contributed by atoms with E-state index in [0.29, 0.717) is 0 Å². The largest absolute Gasteiger partial charge is 0.344 e. The highest BCUT2D eigenvalue weighted by Gasteiger charge is 2.24. The Labute approximate surface area is 172 Å². The molecule has 0 aromatic heterocycles. The molecule has 0 heterocycles. The standard InChI is InChI=1S/C23H24N2O3S/c1-18-13-15-20(16-14-18)23(19-9-5-3-6-10-19)24-22(26)17-25(2)29(27,28)21-11-7-4-8-12-21/h3-16,23H,17H2,1-2H3,(H,24,26)/t23-/m0/s1. The van der Waals surface area contributed by atoms with Gasteiger partial charge in [-0.1, -0.05) is 78.4 Å². The van der Waals surface area contributed by atoms with E-state index in [9.17, 15) is 13.2 Å². The summed E-state index contributed by atoms with van der Waals surface area (Å²) in [5.74, 6) is -0.374. The number of likely N-dealkylation sites (N-methyl/N-ethyl adjacent to an activating group) is 1. The van der Waals surface area contributed by atoms with Crippen LogP contribution in [-0.2, 0) is 14.8 Å². The van der Waals surface area contributed by atoms with Gasteiger partial charge in [0.15, 0.2) is 0 Å². The number of aryl methyl sites for hydroxylation is 1. The van der Waals surface area contributed by atoms with Crippen LogP contribution in [0.1, 0.15) is 22.7 Å². The SMILES string of the molecule is Cc1ccc([C@@H](NC(=O)CN(C)S(=O)(=O)c2ccccc2)c2ccccc2)cc1. The van der Waals surface area contributed by atoms with Gasteiger partial charge in [0.05, 0.1) is 17.5 Å². The lowest BCUT2D eigenvalue weighted by Gasteiger charge is -2.22. The smallest absolute Gasteiger partial charge is 0.243 e. The monoisotopic (exact) mass is 408 g/mol. The molecule has 0 aliphatic rings. The number of carbonyl (C=O) groups excluding carboxylic acids is 1. The number of nitrogens with zero attached hydrogens (tertiary/aromatic N) is 1. The number of rotatable bonds is 7. The quantitative estimate of drug-likeness (QED) is 0.650. The first kappa shape index (κ1) is 20.8. The fraction of sp³-hybridized carbons (Fsp3) is 0.174. The molecule has 1 N–H and O–H groups in total. The zero-order chi connectivity index (χ0) is 20.9. The number of sulfonamides is 1.